The molecule has 0 saturated carbocycles. The smallest absolute Gasteiger partial charge is 0.276 e. The van der Waals surface area contributed by atoms with E-state index in [1.54, 1.807) is 6.07 Å². The fourth-order valence-corrected chi connectivity index (χ4v) is 3.22. The van der Waals surface area contributed by atoms with Crippen molar-refractivity contribution in [2.24, 2.45) is 5.92 Å². The molecular weight excluding hydrogens is 300 g/mol. The van der Waals surface area contributed by atoms with Crippen molar-refractivity contribution < 1.29 is 9.32 Å². The Hall–Kier alpha value is -2.10. The van der Waals surface area contributed by atoms with Crippen molar-refractivity contribution >= 4 is 5.91 Å². The summed E-state index contributed by atoms with van der Waals surface area (Å²) in [6.07, 6.45) is 3.20. The minimum Gasteiger partial charge on any atom is -0.360 e. The average Bonchev–Trinajstić information content (AvgIpc) is 3.07. The molecular formula is C20H26N2O2. The van der Waals surface area contributed by atoms with Crippen molar-refractivity contribution in [3.63, 3.8) is 0 Å². The molecule has 3 rings (SSSR count). The molecule has 1 aliphatic heterocycles. The molecule has 0 unspecified atom stereocenters. The van der Waals surface area contributed by atoms with Gasteiger partial charge in [-0.1, -0.05) is 48.8 Å². The first-order valence-electron chi connectivity index (χ1n) is 8.84. The molecule has 4 nitrogen and oxygen atoms in total. The van der Waals surface area contributed by atoms with E-state index < -0.39 is 0 Å². The van der Waals surface area contributed by atoms with Crippen LogP contribution in [0.15, 0.2) is 34.9 Å². The van der Waals surface area contributed by atoms with Gasteiger partial charge in [0.2, 0.25) is 0 Å². The van der Waals surface area contributed by atoms with Gasteiger partial charge in [0.15, 0.2) is 5.69 Å². The molecule has 24 heavy (non-hydrogen) atoms. The number of aromatic nitrogens is 1. The number of rotatable bonds is 4. The molecule has 1 saturated heterocycles. The fourth-order valence-electron chi connectivity index (χ4n) is 3.22. The molecule has 2 heterocycles. The maximum atomic E-state index is 12.5. The average molecular weight is 326 g/mol. The topological polar surface area (TPSA) is 46.3 Å². The normalized spacial score (nSPS) is 15.9. The highest BCUT2D eigenvalue weighted by molar-refractivity contribution is 5.92. The van der Waals surface area contributed by atoms with E-state index in [-0.39, 0.29) is 11.8 Å². The molecule has 0 atom stereocenters. The van der Waals surface area contributed by atoms with E-state index in [4.69, 9.17) is 4.52 Å². The van der Waals surface area contributed by atoms with Crippen LogP contribution in [0, 0.1) is 12.8 Å². The second kappa shape index (κ2) is 7.20. The van der Waals surface area contributed by atoms with E-state index in [9.17, 15) is 4.79 Å². The van der Waals surface area contributed by atoms with Crippen molar-refractivity contribution in [3.05, 3.63) is 52.9 Å². The third kappa shape index (κ3) is 3.86. The largest absolute Gasteiger partial charge is 0.360 e. The highest BCUT2D eigenvalue weighted by atomic mass is 16.5. The Morgan fingerprint density at radius 1 is 1.25 bits per heavy atom. The number of benzene rings is 1. The SMILES string of the molecule is Cc1ccc(CC2CCN(C(=O)c3cc(C(C)C)on3)CC2)cc1. The predicted molar refractivity (Wildman–Crippen MR) is 94.1 cm³/mol. The Bertz CT molecular complexity index is 680. The predicted octanol–water partition coefficient (Wildman–Crippen LogP) is 4.20. The first kappa shape index (κ1) is 16.7. The van der Waals surface area contributed by atoms with Gasteiger partial charge in [0.05, 0.1) is 0 Å². The molecule has 4 heteroatoms. The molecule has 1 aliphatic rings. The maximum Gasteiger partial charge on any atom is 0.276 e. The highest BCUT2D eigenvalue weighted by Crippen LogP contribution is 2.24. The molecule has 0 radical (unpaired) electrons. The third-order valence-corrected chi connectivity index (χ3v) is 4.86. The number of amides is 1. The summed E-state index contributed by atoms with van der Waals surface area (Å²) in [4.78, 5) is 14.5. The van der Waals surface area contributed by atoms with Crippen LogP contribution in [0.2, 0.25) is 0 Å². The number of aryl methyl sites for hydroxylation is 1. The number of carbonyl (C=O) groups is 1. The van der Waals surface area contributed by atoms with Gasteiger partial charge in [-0.2, -0.15) is 0 Å². The monoisotopic (exact) mass is 326 g/mol. The Balaban J connectivity index is 1.54. The third-order valence-electron chi connectivity index (χ3n) is 4.86. The summed E-state index contributed by atoms with van der Waals surface area (Å²) in [6.45, 7) is 7.79. The standard InChI is InChI=1S/C20H26N2O2/c1-14(2)19-13-18(21-24-19)20(23)22-10-8-17(9-11-22)12-16-6-4-15(3)5-7-16/h4-7,13-14,17H,8-12H2,1-3H3. The van der Waals surface area contributed by atoms with Crippen molar-refractivity contribution in [3.8, 4) is 0 Å². The molecule has 0 aliphatic carbocycles. The van der Waals surface area contributed by atoms with Crippen LogP contribution in [0.3, 0.4) is 0 Å². The van der Waals surface area contributed by atoms with Crippen molar-refractivity contribution in [2.45, 2.75) is 46.0 Å². The minimum atomic E-state index is -0.000522. The van der Waals surface area contributed by atoms with Gasteiger partial charge >= 0.3 is 0 Å². The lowest BCUT2D eigenvalue weighted by atomic mass is 9.90. The number of piperidine rings is 1. The molecule has 1 aromatic carbocycles. The summed E-state index contributed by atoms with van der Waals surface area (Å²) < 4.78 is 5.25. The lowest BCUT2D eigenvalue weighted by Gasteiger charge is -2.31. The van der Waals surface area contributed by atoms with Gasteiger partial charge in [-0.25, -0.2) is 0 Å². The summed E-state index contributed by atoms with van der Waals surface area (Å²) >= 11 is 0. The zero-order valence-electron chi connectivity index (χ0n) is 14.8. The first-order valence-corrected chi connectivity index (χ1v) is 8.84. The first-order chi connectivity index (χ1) is 11.5. The van der Waals surface area contributed by atoms with Crippen LogP contribution in [-0.4, -0.2) is 29.1 Å². The Kier molecular flexibility index (Phi) is 5.03. The lowest BCUT2D eigenvalue weighted by Crippen LogP contribution is -2.39. The van der Waals surface area contributed by atoms with Crippen LogP contribution in [0.1, 0.15) is 60.0 Å². The molecule has 1 fully saturated rings. The van der Waals surface area contributed by atoms with Gasteiger partial charge in [-0.05, 0) is 37.7 Å². The van der Waals surface area contributed by atoms with E-state index >= 15 is 0 Å². The maximum absolute atomic E-state index is 12.5. The highest BCUT2D eigenvalue weighted by Gasteiger charge is 2.26. The van der Waals surface area contributed by atoms with Crippen molar-refractivity contribution in [1.82, 2.24) is 10.1 Å². The van der Waals surface area contributed by atoms with E-state index in [1.807, 2.05) is 18.7 Å². The summed E-state index contributed by atoms with van der Waals surface area (Å²) in [7, 11) is 0. The van der Waals surface area contributed by atoms with Gasteiger partial charge in [0.25, 0.3) is 5.91 Å². The van der Waals surface area contributed by atoms with Crippen LogP contribution < -0.4 is 0 Å². The van der Waals surface area contributed by atoms with Gasteiger partial charge in [0, 0.05) is 25.1 Å². The van der Waals surface area contributed by atoms with E-state index in [1.165, 1.54) is 11.1 Å². The molecule has 1 amide bonds. The van der Waals surface area contributed by atoms with Crippen molar-refractivity contribution in [2.75, 3.05) is 13.1 Å². The quantitative estimate of drug-likeness (QED) is 0.846. The number of hydrogen-bond acceptors (Lipinski definition) is 3. The molecule has 0 bridgehead atoms. The lowest BCUT2D eigenvalue weighted by molar-refractivity contribution is 0.0680. The number of hydrogen-bond donors (Lipinski definition) is 0. The van der Waals surface area contributed by atoms with Gasteiger partial charge in [0.1, 0.15) is 5.76 Å². The van der Waals surface area contributed by atoms with Gasteiger partial charge in [-0.3, -0.25) is 4.79 Å². The molecule has 1 aromatic heterocycles. The van der Waals surface area contributed by atoms with E-state index in [0.717, 1.165) is 38.1 Å². The second-order valence-electron chi connectivity index (χ2n) is 7.19. The van der Waals surface area contributed by atoms with Gasteiger partial charge in [-0.15, -0.1) is 0 Å². The van der Waals surface area contributed by atoms with Crippen molar-refractivity contribution in [1.29, 1.82) is 0 Å². The van der Waals surface area contributed by atoms with Gasteiger partial charge < -0.3 is 9.42 Å². The second-order valence-corrected chi connectivity index (χ2v) is 7.19. The molecule has 128 valence electrons. The summed E-state index contributed by atoms with van der Waals surface area (Å²) in [5.74, 6) is 1.67. The summed E-state index contributed by atoms with van der Waals surface area (Å²) in [5, 5.41) is 3.94. The van der Waals surface area contributed by atoms with Crippen LogP contribution in [0.5, 0.6) is 0 Å². The van der Waals surface area contributed by atoms with Crippen LogP contribution in [0.4, 0.5) is 0 Å². The minimum absolute atomic E-state index is 0.000522. The molecule has 0 spiro atoms. The summed E-state index contributed by atoms with van der Waals surface area (Å²) in [6, 6.07) is 10.6. The zero-order chi connectivity index (χ0) is 17.1. The fraction of sp³-hybridized carbons (Fsp3) is 0.500. The van der Waals surface area contributed by atoms with Crippen LogP contribution in [0.25, 0.3) is 0 Å². The zero-order valence-corrected chi connectivity index (χ0v) is 14.8. The summed E-state index contributed by atoms with van der Waals surface area (Å²) in [5.41, 5.74) is 3.13. The molecule has 2 aromatic rings. The van der Waals surface area contributed by atoms with Crippen LogP contribution in [-0.2, 0) is 6.42 Å². The van der Waals surface area contributed by atoms with E-state index in [2.05, 4.69) is 36.3 Å². The Morgan fingerprint density at radius 3 is 2.50 bits per heavy atom. The Morgan fingerprint density at radius 2 is 1.92 bits per heavy atom. The van der Waals surface area contributed by atoms with Crippen LogP contribution >= 0.6 is 0 Å². The Labute approximate surface area is 143 Å². The molecule has 0 N–H and O–H groups in total. The number of likely N-dealkylation sites (tertiary alicyclic amines) is 1. The number of carbonyl (C=O) groups excluding carboxylic acids is 1. The van der Waals surface area contributed by atoms with E-state index in [0.29, 0.717) is 11.6 Å². The number of nitrogens with zero attached hydrogens (tertiary/aromatic N) is 2.